The number of nitrogens with two attached hydrogens (primary N) is 1. The number of benzene rings is 1. The average molecular weight is 298 g/mol. The molecule has 5 N–H and O–H groups in total. The third-order valence-corrected chi connectivity index (χ3v) is 3.73. The molecule has 1 aliphatic heterocycles. The minimum atomic E-state index is -3.82. The van der Waals surface area contributed by atoms with Gasteiger partial charge in [-0.1, -0.05) is 13.0 Å². The molecule has 1 saturated heterocycles. The van der Waals surface area contributed by atoms with E-state index in [1.54, 1.807) is 18.2 Å². The van der Waals surface area contributed by atoms with Gasteiger partial charge in [0.05, 0.1) is 11.7 Å². The predicted octanol–water partition coefficient (Wildman–Crippen LogP) is 0.239. The van der Waals surface area contributed by atoms with E-state index in [-0.39, 0.29) is 17.9 Å². The van der Waals surface area contributed by atoms with E-state index in [0.717, 1.165) is 13.0 Å². The summed E-state index contributed by atoms with van der Waals surface area (Å²) in [5.74, 6) is 0.156. The van der Waals surface area contributed by atoms with E-state index in [4.69, 9.17) is 5.14 Å². The van der Waals surface area contributed by atoms with Crippen LogP contribution in [-0.2, 0) is 15.0 Å². The highest BCUT2D eigenvalue weighted by molar-refractivity contribution is 7.90. The molecule has 2 unspecified atom stereocenters. The van der Waals surface area contributed by atoms with Gasteiger partial charge in [-0.25, -0.2) is 5.14 Å². The topological polar surface area (TPSA) is 113 Å². The van der Waals surface area contributed by atoms with Crippen LogP contribution in [0.5, 0.6) is 0 Å². The summed E-state index contributed by atoms with van der Waals surface area (Å²) in [4.78, 5) is 12.1. The van der Waals surface area contributed by atoms with Crippen LogP contribution >= 0.6 is 0 Å². The summed E-state index contributed by atoms with van der Waals surface area (Å²) >= 11 is 0. The molecule has 110 valence electrons. The Morgan fingerprint density at radius 2 is 2.10 bits per heavy atom. The fourth-order valence-electron chi connectivity index (χ4n) is 2.23. The van der Waals surface area contributed by atoms with Gasteiger partial charge in [0.2, 0.25) is 5.91 Å². The lowest BCUT2D eigenvalue weighted by Gasteiger charge is -2.15. The lowest BCUT2D eigenvalue weighted by molar-refractivity contribution is -0.118. The summed E-state index contributed by atoms with van der Waals surface area (Å²) in [5, 5.41) is 10.8. The first kappa shape index (κ1) is 14.8. The van der Waals surface area contributed by atoms with Crippen LogP contribution in [0.25, 0.3) is 0 Å². The van der Waals surface area contributed by atoms with E-state index in [1.807, 2.05) is 6.92 Å². The molecule has 0 aliphatic carbocycles. The molecule has 0 saturated carbocycles. The molecule has 0 spiro atoms. The summed E-state index contributed by atoms with van der Waals surface area (Å²) in [6.45, 7) is 2.84. The van der Waals surface area contributed by atoms with Gasteiger partial charge in [-0.05, 0) is 37.1 Å². The van der Waals surface area contributed by atoms with Crippen LogP contribution in [0.15, 0.2) is 24.3 Å². The van der Waals surface area contributed by atoms with Crippen LogP contribution in [0.2, 0.25) is 0 Å². The molecule has 1 aliphatic rings. The van der Waals surface area contributed by atoms with Crippen molar-refractivity contribution in [3.8, 4) is 0 Å². The Hall–Kier alpha value is -1.64. The second-order valence-electron chi connectivity index (χ2n) is 4.91. The third kappa shape index (κ3) is 3.92. The molecule has 1 amide bonds. The summed E-state index contributed by atoms with van der Waals surface area (Å²) < 4.78 is 24.1. The van der Waals surface area contributed by atoms with Crippen molar-refractivity contribution in [3.05, 3.63) is 24.3 Å². The maximum Gasteiger partial charge on any atom is 0.296 e. The Balaban J connectivity index is 2.06. The number of hydrogen-bond donors (Lipinski definition) is 4. The highest BCUT2D eigenvalue weighted by atomic mass is 32.2. The van der Waals surface area contributed by atoms with Crippen molar-refractivity contribution in [2.45, 2.75) is 19.4 Å². The maximum atomic E-state index is 12.1. The molecule has 1 heterocycles. The van der Waals surface area contributed by atoms with Crippen molar-refractivity contribution in [3.63, 3.8) is 0 Å². The standard InChI is InChI=1S/C12H18N4O3S/c1-8-5-6-14-11(8)12(17)15-9-3-2-4-10(7-9)16-20(13,18)19/h2-4,7-8,11,14,16H,5-6H2,1H3,(H,15,17)(H2,13,18,19). The highest BCUT2D eigenvalue weighted by Gasteiger charge is 2.29. The fourth-order valence-corrected chi connectivity index (χ4v) is 2.69. The van der Waals surface area contributed by atoms with Gasteiger partial charge in [-0.2, -0.15) is 8.42 Å². The summed E-state index contributed by atoms with van der Waals surface area (Å²) in [7, 11) is -3.82. The Labute approximate surface area is 118 Å². The molecule has 20 heavy (non-hydrogen) atoms. The number of nitrogens with one attached hydrogen (secondary N) is 3. The van der Waals surface area contributed by atoms with E-state index in [0.29, 0.717) is 11.4 Å². The van der Waals surface area contributed by atoms with Crippen LogP contribution in [0.1, 0.15) is 13.3 Å². The van der Waals surface area contributed by atoms with E-state index >= 15 is 0 Å². The largest absolute Gasteiger partial charge is 0.325 e. The quantitative estimate of drug-likeness (QED) is 0.637. The second-order valence-corrected chi connectivity index (χ2v) is 6.21. The Bertz CT molecular complexity index is 602. The summed E-state index contributed by atoms with van der Waals surface area (Å²) in [6, 6.07) is 6.17. The molecule has 2 rings (SSSR count). The summed E-state index contributed by atoms with van der Waals surface area (Å²) in [6.07, 6.45) is 0.963. The van der Waals surface area contributed by atoms with Crippen molar-refractivity contribution in [2.75, 3.05) is 16.6 Å². The Morgan fingerprint density at radius 3 is 2.70 bits per heavy atom. The summed E-state index contributed by atoms with van der Waals surface area (Å²) in [5.41, 5.74) is 0.822. The smallest absolute Gasteiger partial charge is 0.296 e. The van der Waals surface area contributed by atoms with E-state index in [9.17, 15) is 13.2 Å². The first-order valence-corrected chi connectivity index (χ1v) is 7.84. The number of amides is 1. The molecule has 7 nitrogen and oxygen atoms in total. The van der Waals surface area contributed by atoms with Crippen LogP contribution in [0, 0.1) is 5.92 Å². The van der Waals surface area contributed by atoms with E-state index in [2.05, 4.69) is 15.4 Å². The first-order valence-electron chi connectivity index (χ1n) is 6.30. The monoisotopic (exact) mass is 298 g/mol. The van der Waals surface area contributed by atoms with Gasteiger partial charge in [0.15, 0.2) is 0 Å². The third-order valence-electron chi connectivity index (χ3n) is 3.21. The van der Waals surface area contributed by atoms with Crippen molar-refractivity contribution < 1.29 is 13.2 Å². The van der Waals surface area contributed by atoms with Gasteiger partial charge in [-0.15, -0.1) is 0 Å². The molecule has 1 fully saturated rings. The van der Waals surface area contributed by atoms with E-state index < -0.39 is 10.2 Å². The SMILES string of the molecule is CC1CCNC1C(=O)Nc1cccc(NS(N)(=O)=O)c1. The number of anilines is 2. The number of rotatable bonds is 4. The number of carbonyl (C=O) groups is 1. The van der Waals surface area contributed by atoms with E-state index in [1.165, 1.54) is 6.07 Å². The lowest BCUT2D eigenvalue weighted by atomic mass is 10.0. The van der Waals surface area contributed by atoms with Crippen LogP contribution in [0.4, 0.5) is 11.4 Å². The Morgan fingerprint density at radius 1 is 1.40 bits per heavy atom. The maximum absolute atomic E-state index is 12.1. The molecule has 8 heteroatoms. The molecule has 0 bridgehead atoms. The molecule has 0 aromatic heterocycles. The van der Waals surface area contributed by atoms with Crippen molar-refractivity contribution >= 4 is 27.5 Å². The van der Waals surface area contributed by atoms with Crippen molar-refractivity contribution in [1.82, 2.24) is 5.32 Å². The fraction of sp³-hybridized carbons (Fsp3) is 0.417. The van der Waals surface area contributed by atoms with Gasteiger partial charge >= 0.3 is 0 Å². The zero-order valence-corrected chi connectivity index (χ0v) is 11.9. The molecule has 0 radical (unpaired) electrons. The average Bonchev–Trinajstić information content (AvgIpc) is 2.73. The first-order chi connectivity index (χ1) is 9.35. The zero-order valence-electron chi connectivity index (χ0n) is 11.1. The minimum Gasteiger partial charge on any atom is -0.325 e. The lowest BCUT2D eigenvalue weighted by Crippen LogP contribution is -2.39. The van der Waals surface area contributed by atoms with Crippen molar-refractivity contribution in [1.29, 1.82) is 0 Å². The normalized spacial score (nSPS) is 22.5. The van der Waals surface area contributed by atoms with Crippen molar-refractivity contribution in [2.24, 2.45) is 11.1 Å². The molecule has 1 aromatic carbocycles. The molecule has 1 aromatic rings. The number of carbonyl (C=O) groups excluding carboxylic acids is 1. The zero-order chi connectivity index (χ0) is 14.8. The van der Waals surface area contributed by atoms with Gasteiger partial charge in [0.1, 0.15) is 0 Å². The number of hydrogen-bond acceptors (Lipinski definition) is 4. The molecular formula is C12H18N4O3S. The van der Waals surface area contributed by atoms with Crippen LogP contribution in [-0.4, -0.2) is 26.9 Å². The van der Waals surface area contributed by atoms with Crippen LogP contribution < -0.4 is 20.5 Å². The molecular weight excluding hydrogens is 280 g/mol. The van der Waals surface area contributed by atoms with Crippen LogP contribution in [0.3, 0.4) is 0 Å². The molecule has 2 atom stereocenters. The van der Waals surface area contributed by atoms with Gasteiger partial charge in [0.25, 0.3) is 10.2 Å². The predicted molar refractivity (Wildman–Crippen MR) is 77.4 cm³/mol. The van der Waals surface area contributed by atoms with Gasteiger partial charge in [0, 0.05) is 5.69 Å². The Kier molecular flexibility index (Phi) is 4.26. The second kappa shape index (κ2) is 5.78. The highest BCUT2D eigenvalue weighted by Crippen LogP contribution is 2.19. The minimum absolute atomic E-state index is 0.122. The van der Waals surface area contributed by atoms with Gasteiger partial charge in [-0.3, -0.25) is 9.52 Å². The van der Waals surface area contributed by atoms with Gasteiger partial charge < -0.3 is 10.6 Å².